The number of carbonyl (C=O) groups excluding carboxylic acids is 1. The molecule has 0 atom stereocenters. The predicted molar refractivity (Wildman–Crippen MR) is 79.6 cm³/mol. The van der Waals surface area contributed by atoms with E-state index in [2.05, 4.69) is 21.2 Å². The molecule has 1 aromatic carbocycles. The number of carbonyl (C=O) groups is 2. The van der Waals surface area contributed by atoms with Gasteiger partial charge in [0.25, 0.3) is 0 Å². The highest BCUT2D eigenvalue weighted by Crippen LogP contribution is 2.21. The lowest BCUT2D eigenvalue weighted by atomic mass is 9.97. The standard InChI is InChI=1S/C14H17BrN2O3/c15-11-3-1-2-4-12(11)16-9-13(18)17-7-5-10(6-8-17)14(19)20/h1-4,10,16H,5-9H2,(H,19,20). The number of carboxylic acid groups (broad SMARTS) is 1. The highest BCUT2D eigenvalue weighted by Gasteiger charge is 2.26. The van der Waals surface area contributed by atoms with Crippen molar-refractivity contribution in [2.75, 3.05) is 25.0 Å². The number of nitrogens with one attached hydrogen (secondary N) is 1. The second-order valence-corrected chi connectivity index (χ2v) is 5.68. The minimum absolute atomic E-state index is 0.00425. The van der Waals surface area contributed by atoms with Gasteiger partial charge >= 0.3 is 5.97 Å². The van der Waals surface area contributed by atoms with E-state index in [4.69, 9.17) is 5.11 Å². The fraction of sp³-hybridized carbons (Fsp3) is 0.429. The molecule has 5 nitrogen and oxygen atoms in total. The van der Waals surface area contributed by atoms with Crippen LogP contribution in [0.1, 0.15) is 12.8 Å². The summed E-state index contributed by atoms with van der Waals surface area (Å²) in [5.74, 6) is -1.07. The fourth-order valence-corrected chi connectivity index (χ4v) is 2.69. The van der Waals surface area contributed by atoms with Gasteiger partial charge in [-0.15, -0.1) is 0 Å². The molecule has 1 aliphatic rings. The van der Waals surface area contributed by atoms with E-state index in [0.717, 1.165) is 10.2 Å². The van der Waals surface area contributed by atoms with Crippen LogP contribution in [0.25, 0.3) is 0 Å². The van der Waals surface area contributed by atoms with Gasteiger partial charge in [-0.1, -0.05) is 12.1 Å². The van der Waals surface area contributed by atoms with Gasteiger partial charge in [0.05, 0.1) is 12.5 Å². The summed E-state index contributed by atoms with van der Waals surface area (Å²) < 4.78 is 0.914. The van der Waals surface area contributed by atoms with Crippen LogP contribution in [0.2, 0.25) is 0 Å². The average molecular weight is 341 g/mol. The Kier molecular flexibility index (Phi) is 5.00. The molecule has 1 aliphatic heterocycles. The third-order valence-corrected chi connectivity index (χ3v) is 4.19. The number of rotatable bonds is 4. The van der Waals surface area contributed by atoms with Gasteiger partial charge in [-0.3, -0.25) is 9.59 Å². The molecule has 2 N–H and O–H groups in total. The van der Waals surface area contributed by atoms with Crippen LogP contribution in [0.15, 0.2) is 28.7 Å². The molecule has 0 aromatic heterocycles. The van der Waals surface area contributed by atoms with Gasteiger partial charge < -0.3 is 15.3 Å². The van der Waals surface area contributed by atoms with Crippen molar-refractivity contribution in [3.63, 3.8) is 0 Å². The van der Waals surface area contributed by atoms with Gasteiger partial charge in [-0.25, -0.2) is 0 Å². The fourth-order valence-electron chi connectivity index (χ4n) is 2.26. The summed E-state index contributed by atoms with van der Waals surface area (Å²) in [6.45, 7) is 1.27. The Bertz CT molecular complexity index is 499. The van der Waals surface area contributed by atoms with E-state index in [1.807, 2.05) is 24.3 Å². The number of carboxylic acids is 1. The molecule has 108 valence electrons. The third-order valence-electron chi connectivity index (χ3n) is 3.50. The molecule has 1 amide bonds. The largest absolute Gasteiger partial charge is 0.481 e. The van der Waals surface area contributed by atoms with Crippen LogP contribution < -0.4 is 5.32 Å². The maximum absolute atomic E-state index is 12.1. The summed E-state index contributed by atoms with van der Waals surface area (Å²) in [6, 6.07) is 7.61. The van der Waals surface area contributed by atoms with Crippen molar-refractivity contribution in [1.29, 1.82) is 0 Å². The lowest BCUT2D eigenvalue weighted by Gasteiger charge is -2.30. The lowest BCUT2D eigenvalue weighted by Crippen LogP contribution is -2.42. The third kappa shape index (κ3) is 3.72. The number of hydrogen-bond donors (Lipinski definition) is 2. The van der Waals surface area contributed by atoms with E-state index in [-0.39, 0.29) is 18.4 Å². The van der Waals surface area contributed by atoms with E-state index >= 15 is 0 Å². The van der Waals surface area contributed by atoms with Crippen LogP contribution in [-0.2, 0) is 9.59 Å². The van der Waals surface area contributed by atoms with Crippen molar-refractivity contribution in [3.05, 3.63) is 28.7 Å². The van der Waals surface area contributed by atoms with Crippen LogP contribution in [-0.4, -0.2) is 41.5 Å². The second kappa shape index (κ2) is 6.74. The molecule has 1 heterocycles. The van der Waals surface area contributed by atoms with Crippen LogP contribution in [0, 0.1) is 5.92 Å². The van der Waals surface area contributed by atoms with Gasteiger partial charge in [0, 0.05) is 23.2 Å². The Hall–Kier alpha value is -1.56. The van der Waals surface area contributed by atoms with Gasteiger partial charge in [-0.2, -0.15) is 0 Å². The van der Waals surface area contributed by atoms with E-state index in [1.54, 1.807) is 4.90 Å². The zero-order chi connectivity index (χ0) is 14.5. The van der Waals surface area contributed by atoms with Gasteiger partial charge in [-0.05, 0) is 40.9 Å². The van der Waals surface area contributed by atoms with Crippen molar-refractivity contribution >= 4 is 33.5 Å². The Morgan fingerprint density at radius 2 is 1.95 bits per heavy atom. The van der Waals surface area contributed by atoms with Crippen molar-refractivity contribution < 1.29 is 14.7 Å². The van der Waals surface area contributed by atoms with E-state index in [1.165, 1.54) is 0 Å². The van der Waals surface area contributed by atoms with Crippen molar-refractivity contribution in [2.24, 2.45) is 5.92 Å². The SMILES string of the molecule is O=C(O)C1CCN(C(=O)CNc2ccccc2Br)CC1. The molecular weight excluding hydrogens is 324 g/mol. The summed E-state index contributed by atoms with van der Waals surface area (Å²) in [6.07, 6.45) is 1.08. The highest BCUT2D eigenvalue weighted by atomic mass is 79.9. The second-order valence-electron chi connectivity index (χ2n) is 4.83. The van der Waals surface area contributed by atoms with Crippen molar-refractivity contribution in [3.8, 4) is 0 Å². The van der Waals surface area contributed by atoms with Gasteiger partial charge in [0.2, 0.25) is 5.91 Å². The van der Waals surface area contributed by atoms with Gasteiger partial charge in [0.15, 0.2) is 0 Å². The topological polar surface area (TPSA) is 69.6 Å². The summed E-state index contributed by atoms with van der Waals surface area (Å²) in [7, 11) is 0. The normalized spacial score (nSPS) is 15.9. The predicted octanol–water partition coefficient (Wildman–Crippen LogP) is 2.18. The maximum Gasteiger partial charge on any atom is 0.306 e. The lowest BCUT2D eigenvalue weighted by molar-refractivity contribution is -0.145. The van der Waals surface area contributed by atoms with Crippen LogP contribution in [0.5, 0.6) is 0 Å². The minimum Gasteiger partial charge on any atom is -0.481 e. The van der Waals surface area contributed by atoms with E-state index < -0.39 is 5.97 Å². The molecule has 0 radical (unpaired) electrons. The number of piperidine rings is 1. The highest BCUT2D eigenvalue weighted by molar-refractivity contribution is 9.10. The number of hydrogen-bond acceptors (Lipinski definition) is 3. The first kappa shape index (κ1) is 14.8. The zero-order valence-electron chi connectivity index (χ0n) is 11.0. The van der Waals surface area contributed by atoms with Crippen LogP contribution in [0.4, 0.5) is 5.69 Å². The summed E-state index contributed by atoms with van der Waals surface area (Å²) in [5, 5.41) is 12.0. The number of aliphatic carboxylic acids is 1. The number of nitrogens with zero attached hydrogens (tertiary/aromatic N) is 1. The molecule has 1 fully saturated rings. The molecule has 6 heteroatoms. The van der Waals surface area contributed by atoms with E-state index in [0.29, 0.717) is 25.9 Å². The summed E-state index contributed by atoms with van der Waals surface area (Å²) in [5.41, 5.74) is 0.876. The van der Waals surface area contributed by atoms with Crippen LogP contribution >= 0.6 is 15.9 Å². The molecule has 0 saturated carbocycles. The molecule has 0 unspecified atom stereocenters. The quantitative estimate of drug-likeness (QED) is 0.881. The van der Waals surface area contributed by atoms with Crippen molar-refractivity contribution in [2.45, 2.75) is 12.8 Å². The molecule has 2 rings (SSSR count). The molecule has 1 saturated heterocycles. The molecule has 0 bridgehead atoms. The number of anilines is 1. The Labute approximate surface area is 126 Å². The Morgan fingerprint density at radius 1 is 1.30 bits per heavy atom. The molecular formula is C14H17BrN2O3. The zero-order valence-corrected chi connectivity index (χ0v) is 12.6. The van der Waals surface area contributed by atoms with Crippen LogP contribution in [0.3, 0.4) is 0 Å². The number of amides is 1. The maximum atomic E-state index is 12.1. The first-order chi connectivity index (χ1) is 9.58. The Balaban J connectivity index is 1.82. The minimum atomic E-state index is -0.761. The first-order valence-electron chi connectivity index (χ1n) is 6.57. The molecule has 0 spiro atoms. The summed E-state index contributed by atoms with van der Waals surface area (Å²) in [4.78, 5) is 24.6. The first-order valence-corrected chi connectivity index (χ1v) is 7.36. The molecule has 0 aliphatic carbocycles. The van der Waals surface area contributed by atoms with Gasteiger partial charge in [0.1, 0.15) is 0 Å². The number of para-hydroxylation sites is 1. The Morgan fingerprint density at radius 3 is 2.55 bits per heavy atom. The number of halogens is 1. The molecule has 1 aromatic rings. The summed E-state index contributed by atoms with van der Waals surface area (Å²) >= 11 is 3.41. The smallest absolute Gasteiger partial charge is 0.306 e. The monoisotopic (exact) mass is 340 g/mol. The van der Waals surface area contributed by atoms with Crippen molar-refractivity contribution in [1.82, 2.24) is 4.90 Å². The van der Waals surface area contributed by atoms with E-state index in [9.17, 15) is 9.59 Å². The number of likely N-dealkylation sites (tertiary alicyclic amines) is 1. The number of benzene rings is 1. The molecule has 20 heavy (non-hydrogen) atoms. The average Bonchev–Trinajstić information content (AvgIpc) is 2.46.